The number of esters is 1. The highest BCUT2D eigenvalue weighted by atomic mass is 32.2. The van der Waals surface area contributed by atoms with Crippen LogP contribution in [0.3, 0.4) is 0 Å². The second-order valence-electron chi connectivity index (χ2n) is 4.69. The van der Waals surface area contributed by atoms with Crippen molar-refractivity contribution in [3.8, 4) is 0 Å². The molecule has 9 heteroatoms. The molecule has 0 aliphatic carbocycles. The molecule has 0 spiro atoms. The summed E-state index contributed by atoms with van der Waals surface area (Å²) >= 11 is 2.81. The van der Waals surface area contributed by atoms with Crippen LogP contribution in [0, 0.1) is 10.1 Å². The average molecular weight is 361 g/mol. The molecule has 0 radical (unpaired) electrons. The van der Waals surface area contributed by atoms with E-state index in [1.807, 2.05) is 11.4 Å². The number of nitrogens with zero attached hydrogens (tertiary/aromatic N) is 3. The molecular formula is C15H11N3O4S2. The number of ether oxygens (including phenoxy) is 1. The third kappa shape index (κ3) is 3.87. The predicted molar refractivity (Wildman–Crippen MR) is 91.0 cm³/mol. The van der Waals surface area contributed by atoms with E-state index >= 15 is 0 Å². The first-order chi connectivity index (χ1) is 11.6. The van der Waals surface area contributed by atoms with Gasteiger partial charge in [-0.3, -0.25) is 14.9 Å². The Hall–Kier alpha value is -2.52. The Morgan fingerprint density at radius 2 is 2.04 bits per heavy atom. The molecule has 2 heterocycles. The molecule has 0 unspecified atom stereocenters. The Morgan fingerprint density at radius 3 is 2.79 bits per heavy atom. The van der Waals surface area contributed by atoms with Crippen LogP contribution in [-0.2, 0) is 16.1 Å². The van der Waals surface area contributed by atoms with Gasteiger partial charge in [0.15, 0.2) is 0 Å². The van der Waals surface area contributed by atoms with Gasteiger partial charge in [0.05, 0.1) is 10.7 Å². The van der Waals surface area contributed by atoms with Gasteiger partial charge in [-0.05, 0) is 29.1 Å². The minimum atomic E-state index is -0.473. The van der Waals surface area contributed by atoms with Gasteiger partial charge in [-0.1, -0.05) is 11.8 Å². The van der Waals surface area contributed by atoms with E-state index in [0.717, 1.165) is 15.2 Å². The molecule has 0 fully saturated rings. The molecule has 0 amide bonds. The molecule has 0 N–H and O–H groups in total. The molecule has 2 aromatic heterocycles. The van der Waals surface area contributed by atoms with Crippen molar-refractivity contribution in [1.82, 2.24) is 9.97 Å². The lowest BCUT2D eigenvalue weighted by Crippen LogP contribution is -2.07. The Labute approximate surface area is 144 Å². The largest absolute Gasteiger partial charge is 0.460 e. The zero-order chi connectivity index (χ0) is 16.9. The second-order valence-corrected chi connectivity index (χ2v) is 6.55. The van der Waals surface area contributed by atoms with Crippen molar-refractivity contribution in [2.45, 2.75) is 11.6 Å². The monoisotopic (exact) mass is 361 g/mol. The van der Waals surface area contributed by atoms with Crippen LogP contribution < -0.4 is 0 Å². The number of nitro benzene ring substituents is 1. The van der Waals surface area contributed by atoms with Gasteiger partial charge >= 0.3 is 5.97 Å². The Morgan fingerprint density at radius 1 is 1.25 bits per heavy atom. The SMILES string of the molecule is O=C(CSc1ncnc2sccc12)OCc1ccc([N+](=O)[O-])cc1. The summed E-state index contributed by atoms with van der Waals surface area (Å²) in [5.74, 6) is -0.241. The number of aromatic nitrogens is 2. The lowest BCUT2D eigenvalue weighted by Gasteiger charge is -2.05. The first-order valence-corrected chi connectivity index (χ1v) is 8.70. The number of carbonyl (C=O) groups excluding carboxylic acids is 1. The minimum Gasteiger partial charge on any atom is -0.460 e. The van der Waals surface area contributed by atoms with Crippen molar-refractivity contribution in [2.75, 3.05) is 5.75 Å². The van der Waals surface area contributed by atoms with Crippen molar-refractivity contribution in [2.24, 2.45) is 0 Å². The van der Waals surface area contributed by atoms with Crippen molar-refractivity contribution < 1.29 is 14.5 Å². The second kappa shape index (κ2) is 7.37. The number of thiophene rings is 1. The average Bonchev–Trinajstić information content (AvgIpc) is 3.07. The van der Waals surface area contributed by atoms with Crippen LogP contribution >= 0.6 is 23.1 Å². The number of nitro groups is 1. The minimum absolute atomic E-state index is 0.00386. The summed E-state index contributed by atoms with van der Waals surface area (Å²) < 4.78 is 5.17. The highest BCUT2D eigenvalue weighted by Crippen LogP contribution is 2.27. The quantitative estimate of drug-likeness (QED) is 0.218. The number of carbonyl (C=O) groups is 1. The van der Waals surface area contributed by atoms with Crippen molar-refractivity contribution >= 4 is 45.0 Å². The Bertz CT molecular complexity index is 880. The highest BCUT2D eigenvalue weighted by molar-refractivity contribution is 8.00. The summed E-state index contributed by atoms with van der Waals surface area (Å²) in [5, 5.41) is 14.2. The normalized spacial score (nSPS) is 10.7. The van der Waals surface area contributed by atoms with Crippen LogP contribution in [0.15, 0.2) is 47.1 Å². The van der Waals surface area contributed by atoms with Crippen molar-refractivity contribution in [3.63, 3.8) is 0 Å². The summed E-state index contributed by atoms with van der Waals surface area (Å²) in [6, 6.07) is 7.82. The summed E-state index contributed by atoms with van der Waals surface area (Å²) in [6.07, 6.45) is 1.48. The Kier molecular flexibility index (Phi) is 5.02. The van der Waals surface area contributed by atoms with Crippen LogP contribution in [0.5, 0.6) is 0 Å². The molecule has 0 aliphatic heterocycles. The fourth-order valence-corrected chi connectivity index (χ4v) is 3.51. The molecule has 0 aliphatic rings. The van der Waals surface area contributed by atoms with Crippen LogP contribution in [0.4, 0.5) is 5.69 Å². The van der Waals surface area contributed by atoms with E-state index in [4.69, 9.17) is 4.74 Å². The van der Waals surface area contributed by atoms with Gasteiger partial charge in [0.25, 0.3) is 5.69 Å². The van der Waals surface area contributed by atoms with E-state index in [1.54, 1.807) is 12.1 Å². The summed E-state index contributed by atoms with van der Waals surface area (Å²) in [5.41, 5.74) is 0.699. The molecule has 3 aromatic rings. The first-order valence-electron chi connectivity index (χ1n) is 6.83. The number of thioether (sulfide) groups is 1. The number of non-ortho nitro benzene ring substituents is 1. The highest BCUT2D eigenvalue weighted by Gasteiger charge is 2.10. The van der Waals surface area contributed by atoms with E-state index in [-0.39, 0.29) is 24.0 Å². The number of benzene rings is 1. The maximum absolute atomic E-state index is 11.8. The standard InChI is InChI=1S/C15H11N3O4S2/c19-13(22-7-10-1-3-11(4-2-10)18(20)21)8-24-15-12-5-6-23-14(12)16-9-17-15/h1-6,9H,7-8H2. The predicted octanol–water partition coefficient (Wildman–Crippen LogP) is 3.44. The van der Waals surface area contributed by atoms with Gasteiger partial charge in [0, 0.05) is 17.5 Å². The summed E-state index contributed by atoms with van der Waals surface area (Å²) in [6.45, 7) is 0.0784. The molecule has 1 aromatic carbocycles. The molecule has 0 atom stereocenters. The van der Waals surface area contributed by atoms with Gasteiger partial charge in [-0.15, -0.1) is 11.3 Å². The molecule has 24 heavy (non-hydrogen) atoms. The summed E-state index contributed by atoms with van der Waals surface area (Å²) in [4.78, 5) is 31.2. The van der Waals surface area contributed by atoms with Crippen LogP contribution in [0.2, 0.25) is 0 Å². The molecule has 0 saturated carbocycles. The van der Waals surface area contributed by atoms with E-state index in [2.05, 4.69) is 9.97 Å². The third-order valence-electron chi connectivity index (χ3n) is 3.10. The van der Waals surface area contributed by atoms with Crippen molar-refractivity contribution in [3.05, 3.63) is 57.7 Å². The van der Waals surface area contributed by atoms with Gasteiger partial charge in [0.1, 0.15) is 22.8 Å². The van der Waals surface area contributed by atoms with Gasteiger partial charge in [-0.25, -0.2) is 9.97 Å². The fourth-order valence-electron chi connectivity index (χ4n) is 1.93. The van der Waals surface area contributed by atoms with E-state index < -0.39 is 4.92 Å². The molecule has 3 rings (SSSR count). The van der Waals surface area contributed by atoms with Crippen LogP contribution in [-0.4, -0.2) is 26.6 Å². The zero-order valence-electron chi connectivity index (χ0n) is 12.2. The van der Waals surface area contributed by atoms with E-state index in [1.165, 1.54) is 41.6 Å². The van der Waals surface area contributed by atoms with E-state index in [0.29, 0.717) is 5.56 Å². The number of hydrogen-bond donors (Lipinski definition) is 0. The number of fused-ring (bicyclic) bond motifs is 1. The molecule has 7 nitrogen and oxygen atoms in total. The third-order valence-corrected chi connectivity index (χ3v) is 4.90. The lowest BCUT2D eigenvalue weighted by atomic mass is 10.2. The van der Waals surface area contributed by atoms with Crippen molar-refractivity contribution in [1.29, 1.82) is 0 Å². The maximum Gasteiger partial charge on any atom is 0.316 e. The maximum atomic E-state index is 11.8. The number of hydrogen-bond acceptors (Lipinski definition) is 8. The van der Waals surface area contributed by atoms with Crippen LogP contribution in [0.1, 0.15) is 5.56 Å². The number of rotatable bonds is 6. The first kappa shape index (κ1) is 16.3. The molecule has 122 valence electrons. The van der Waals surface area contributed by atoms with Gasteiger partial charge in [0.2, 0.25) is 0 Å². The topological polar surface area (TPSA) is 95.2 Å². The smallest absolute Gasteiger partial charge is 0.316 e. The van der Waals surface area contributed by atoms with Gasteiger partial charge in [-0.2, -0.15) is 0 Å². The molecule has 0 saturated heterocycles. The van der Waals surface area contributed by atoms with Gasteiger partial charge < -0.3 is 4.74 Å². The molecule has 0 bridgehead atoms. The fraction of sp³-hybridized carbons (Fsp3) is 0.133. The molecular weight excluding hydrogens is 350 g/mol. The zero-order valence-corrected chi connectivity index (χ0v) is 13.9. The Balaban J connectivity index is 1.52. The lowest BCUT2D eigenvalue weighted by molar-refractivity contribution is -0.384. The van der Waals surface area contributed by atoms with Crippen LogP contribution in [0.25, 0.3) is 10.2 Å². The summed E-state index contributed by atoms with van der Waals surface area (Å²) in [7, 11) is 0. The van der Waals surface area contributed by atoms with E-state index in [9.17, 15) is 14.9 Å².